The van der Waals surface area contributed by atoms with Gasteiger partial charge in [-0.15, -0.1) is 11.3 Å². The molecule has 0 bridgehead atoms. The fraction of sp³-hybridized carbons (Fsp3) is 0.333. The Labute approximate surface area is 195 Å². The lowest BCUT2D eigenvalue weighted by Crippen LogP contribution is -2.43. The molecule has 0 spiro atoms. The van der Waals surface area contributed by atoms with E-state index >= 15 is 0 Å². The molecule has 2 aliphatic rings. The van der Waals surface area contributed by atoms with Crippen LogP contribution in [0.5, 0.6) is 0 Å². The Morgan fingerprint density at radius 2 is 1.97 bits per heavy atom. The van der Waals surface area contributed by atoms with Crippen LogP contribution >= 0.6 is 11.3 Å². The van der Waals surface area contributed by atoms with Crippen LogP contribution < -0.4 is 10.6 Å². The molecule has 1 atom stereocenters. The molecule has 1 aliphatic heterocycles. The van der Waals surface area contributed by atoms with E-state index < -0.39 is 16.8 Å². The van der Waals surface area contributed by atoms with Crippen molar-refractivity contribution in [1.82, 2.24) is 0 Å². The zero-order valence-corrected chi connectivity index (χ0v) is 19.5. The van der Waals surface area contributed by atoms with Gasteiger partial charge in [-0.05, 0) is 42.3 Å². The first-order chi connectivity index (χ1) is 15.6. The Balaban J connectivity index is 1.98. The second kappa shape index (κ2) is 8.47. The molecule has 0 saturated carbocycles. The summed E-state index contributed by atoms with van der Waals surface area (Å²) in [7, 11) is 0. The predicted octanol–water partition coefficient (Wildman–Crippen LogP) is 4.64. The number of ether oxygens (including phenoxy) is 1. The fourth-order valence-corrected chi connectivity index (χ4v) is 5.42. The van der Waals surface area contributed by atoms with Gasteiger partial charge in [-0.25, -0.2) is 4.79 Å². The Kier molecular flexibility index (Phi) is 5.84. The molecule has 0 saturated heterocycles. The van der Waals surface area contributed by atoms with E-state index in [1.165, 1.54) is 23.5 Å². The topological polar surface area (TPSA) is 116 Å². The number of ketones is 1. The summed E-state index contributed by atoms with van der Waals surface area (Å²) < 4.78 is 5.35. The van der Waals surface area contributed by atoms with E-state index in [4.69, 9.17) is 10.5 Å². The minimum atomic E-state index is -0.614. The summed E-state index contributed by atoms with van der Waals surface area (Å²) in [5.74, 6) is -1.06. The first-order valence-corrected chi connectivity index (χ1v) is 11.5. The third-order valence-electron chi connectivity index (χ3n) is 5.90. The van der Waals surface area contributed by atoms with Gasteiger partial charge in [0.25, 0.3) is 5.69 Å². The van der Waals surface area contributed by atoms with Crippen LogP contribution in [0.25, 0.3) is 0 Å². The number of esters is 1. The molecule has 2 aromatic rings. The van der Waals surface area contributed by atoms with Crippen LogP contribution in [0.4, 0.5) is 11.4 Å². The van der Waals surface area contributed by atoms with E-state index in [1.807, 2.05) is 31.4 Å². The smallest absolute Gasteiger partial charge is 0.338 e. The number of non-ortho nitro benzene ring substituents is 1. The molecule has 2 N–H and O–H groups in total. The normalized spacial score (nSPS) is 20.0. The number of rotatable bonds is 5. The highest BCUT2D eigenvalue weighted by atomic mass is 32.1. The van der Waals surface area contributed by atoms with Crippen LogP contribution in [0.3, 0.4) is 0 Å². The van der Waals surface area contributed by atoms with Crippen LogP contribution in [-0.2, 0) is 14.3 Å². The van der Waals surface area contributed by atoms with Gasteiger partial charge in [-0.1, -0.05) is 19.9 Å². The van der Waals surface area contributed by atoms with Crippen LogP contribution in [0, 0.1) is 15.5 Å². The fourth-order valence-electron chi connectivity index (χ4n) is 4.58. The molecule has 0 fully saturated rings. The molecule has 33 heavy (non-hydrogen) atoms. The molecular weight excluding hydrogens is 442 g/mol. The largest absolute Gasteiger partial charge is 0.463 e. The van der Waals surface area contributed by atoms with E-state index in [0.29, 0.717) is 29.8 Å². The summed E-state index contributed by atoms with van der Waals surface area (Å²) in [5.41, 5.74) is 8.29. The first-order valence-electron chi connectivity index (χ1n) is 10.7. The van der Waals surface area contributed by atoms with Gasteiger partial charge in [0, 0.05) is 40.4 Å². The standard InChI is InChI=1S/C24H25N3O5S/c1-4-32-23(29)21-20(18-6-5-11-33-18)19-16(12-24(2,3)13-17(19)28)26(22(21)25)14-7-9-15(10-8-14)27(30)31/h5-11,20H,4,12-13,25H2,1-3H3/t20-/m0/s1. The number of benzene rings is 1. The zero-order chi connectivity index (χ0) is 23.9. The van der Waals surface area contributed by atoms with Gasteiger partial charge in [0.1, 0.15) is 5.82 Å². The van der Waals surface area contributed by atoms with Crippen molar-refractivity contribution in [3.63, 3.8) is 0 Å². The number of nitrogens with two attached hydrogens (primary N) is 1. The average Bonchev–Trinajstić information content (AvgIpc) is 3.27. The van der Waals surface area contributed by atoms with Gasteiger partial charge in [0.05, 0.1) is 23.0 Å². The summed E-state index contributed by atoms with van der Waals surface area (Å²) in [6, 6.07) is 9.69. The summed E-state index contributed by atoms with van der Waals surface area (Å²) >= 11 is 1.45. The van der Waals surface area contributed by atoms with Crippen molar-refractivity contribution in [1.29, 1.82) is 0 Å². The van der Waals surface area contributed by atoms with Crippen molar-refractivity contribution in [3.8, 4) is 0 Å². The van der Waals surface area contributed by atoms with Crippen molar-refractivity contribution in [2.75, 3.05) is 11.5 Å². The predicted molar refractivity (Wildman–Crippen MR) is 126 cm³/mol. The number of allylic oxidation sites excluding steroid dienone is 2. The lowest BCUT2D eigenvalue weighted by Gasteiger charge is -2.44. The number of nitro groups is 1. The van der Waals surface area contributed by atoms with E-state index in [0.717, 1.165) is 4.88 Å². The first kappa shape index (κ1) is 22.7. The lowest BCUT2D eigenvalue weighted by atomic mass is 9.69. The summed E-state index contributed by atoms with van der Waals surface area (Å²) in [6.45, 7) is 5.91. The van der Waals surface area contributed by atoms with Crippen molar-refractivity contribution < 1.29 is 19.2 Å². The van der Waals surface area contributed by atoms with E-state index in [2.05, 4.69) is 0 Å². The van der Waals surface area contributed by atoms with Crippen LogP contribution in [0.1, 0.15) is 44.4 Å². The molecule has 0 amide bonds. The lowest BCUT2D eigenvalue weighted by molar-refractivity contribution is -0.384. The summed E-state index contributed by atoms with van der Waals surface area (Å²) in [4.78, 5) is 39.8. The van der Waals surface area contributed by atoms with Gasteiger partial charge < -0.3 is 10.5 Å². The minimum Gasteiger partial charge on any atom is -0.463 e. The molecule has 1 aromatic carbocycles. The number of thiophene rings is 1. The molecule has 1 aliphatic carbocycles. The maximum atomic E-state index is 13.5. The van der Waals surface area contributed by atoms with Gasteiger partial charge in [0.15, 0.2) is 5.78 Å². The molecule has 0 radical (unpaired) electrons. The Bertz CT molecular complexity index is 1180. The summed E-state index contributed by atoms with van der Waals surface area (Å²) in [6.07, 6.45) is 0.904. The average molecular weight is 468 g/mol. The van der Waals surface area contributed by atoms with E-state index in [9.17, 15) is 19.7 Å². The molecule has 8 nitrogen and oxygen atoms in total. The number of nitrogens with zero attached hydrogens (tertiary/aromatic N) is 2. The summed E-state index contributed by atoms with van der Waals surface area (Å²) in [5, 5.41) is 13.0. The molecule has 2 heterocycles. The number of nitro benzene ring substituents is 1. The van der Waals surface area contributed by atoms with Crippen LogP contribution in [0.15, 0.2) is 64.4 Å². The molecule has 0 unspecified atom stereocenters. The maximum absolute atomic E-state index is 13.5. The minimum absolute atomic E-state index is 0.0409. The molecular formula is C24H25N3O5S. The Morgan fingerprint density at radius 1 is 1.27 bits per heavy atom. The highest BCUT2D eigenvalue weighted by Gasteiger charge is 2.46. The van der Waals surface area contributed by atoms with Gasteiger partial charge >= 0.3 is 5.97 Å². The Hall–Kier alpha value is -3.46. The molecule has 1 aromatic heterocycles. The number of anilines is 1. The number of carbonyl (C=O) groups is 2. The number of hydrogen-bond donors (Lipinski definition) is 1. The van der Waals surface area contributed by atoms with Crippen molar-refractivity contribution in [2.24, 2.45) is 11.1 Å². The monoisotopic (exact) mass is 467 g/mol. The maximum Gasteiger partial charge on any atom is 0.338 e. The van der Waals surface area contributed by atoms with E-state index in [-0.39, 0.29) is 34.9 Å². The van der Waals surface area contributed by atoms with Gasteiger partial charge in [0.2, 0.25) is 0 Å². The van der Waals surface area contributed by atoms with Crippen LogP contribution in [-0.4, -0.2) is 23.3 Å². The van der Waals surface area contributed by atoms with Crippen LogP contribution in [0.2, 0.25) is 0 Å². The SMILES string of the molecule is CCOC(=O)C1=C(N)N(c2ccc([N+](=O)[O-])cc2)C2=C(C(=O)CC(C)(C)C2)[C@@H]1c1cccs1. The highest BCUT2D eigenvalue weighted by Crippen LogP contribution is 2.51. The van der Waals surface area contributed by atoms with Gasteiger partial charge in [-0.2, -0.15) is 0 Å². The van der Waals surface area contributed by atoms with Gasteiger partial charge in [-0.3, -0.25) is 19.8 Å². The Morgan fingerprint density at radius 3 is 2.55 bits per heavy atom. The quantitative estimate of drug-likeness (QED) is 0.387. The van der Waals surface area contributed by atoms with Crippen molar-refractivity contribution >= 4 is 34.5 Å². The second-order valence-electron chi connectivity index (χ2n) is 8.88. The van der Waals surface area contributed by atoms with Crippen molar-refractivity contribution in [3.05, 3.63) is 79.4 Å². The third-order valence-corrected chi connectivity index (χ3v) is 6.84. The van der Waals surface area contributed by atoms with Crippen molar-refractivity contribution in [2.45, 2.75) is 39.5 Å². The third kappa shape index (κ3) is 4.04. The number of carbonyl (C=O) groups excluding carboxylic acids is 2. The molecule has 9 heteroatoms. The number of Topliss-reactive ketones (excluding diaryl/α,β-unsaturated/α-hetero) is 1. The highest BCUT2D eigenvalue weighted by molar-refractivity contribution is 7.10. The second-order valence-corrected chi connectivity index (χ2v) is 9.86. The molecule has 172 valence electrons. The van der Waals surface area contributed by atoms with E-state index in [1.54, 1.807) is 24.0 Å². The molecule has 4 rings (SSSR count). The number of hydrogen-bond acceptors (Lipinski definition) is 8. The zero-order valence-electron chi connectivity index (χ0n) is 18.7.